The van der Waals surface area contributed by atoms with Gasteiger partial charge in [0, 0.05) is 20.2 Å². The van der Waals surface area contributed by atoms with E-state index in [1.54, 1.807) is 0 Å². The van der Waals surface area contributed by atoms with E-state index in [0.717, 1.165) is 5.92 Å². The molecule has 1 fully saturated rings. The van der Waals surface area contributed by atoms with Gasteiger partial charge in [-0.15, -0.1) is 0 Å². The van der Waals surface area contributed by atoms with Crippen LogP contribution in [0.2, 0.25) is 0 Å². The molecule has 0 aromatic heterocycles. The summed E-state index contributed by atoms with van der Waals surface area (Å²) in [5.41, 5.74) is 0. The highest BCUT2D eigenvalue weighted by Crippen LogP contribution is 2.13. The molecule has 0 aliphatic carbocycles. The number of hydrogen-bond donors (Lipinski definition) is 0. The van der Waals surface area contributed by atoms with Crippen LogP contribution in [0.25, 0.3) is 0 Å². The molecule has 1 saturated heterocycles. The minimum absolute atomic E-state index is 0.523. The van der Waals surface area contributed by atoms with E-state index in [1.165, 1.54) is 38.9 Å². The molecule has 78 valence electrons. The number of piperidine rings is 1. The summed E-state index contributed by atoms with van der Waals surface area (Å²) in [7, 11) is 1.83. The van der Waals surface area contributed by atoms with Crippen LogP contribution in [-0.4, -0.2) is 37.7 Å². The predicted octanol–water partition coefficient (Wildman–Crippen LogP) is 2.14. The van der Waals surface area contributed by atoms with Crippen molar-refractivity contribution in [1.29, 1.82) is 0 Å². The molecule has 0 unspecified atom stereocenters. The summed E-state index contributed by atoms with van der Waals surface area (Å²) >= 11 is 0. The van der Waals surface area contributed by atoms with Gasteiger partial charge in [-0.2, -0.15) is 0 Å². The minimum Gasteiger partial charge on any atom is -0.381 e. The Morgan fingerprint density at radius 2 is 1.92 bits per heavy atom. The molecular formula is C11H23NO. The molecule has 0 bridgehead atoms. The third kappa shape index (κ3) is 4.10. The van der Waals surface area contributed by atoms with Gasteiger partial charge in [-0.1, -0.05) is 13.8 Å². The van der Waals surface area contributed by atoms with Gasteiger partial charge in [-0.05, 0) is 31.7 Å². The summed E-state index contributed by atoms with van der Waals surface area (Å²) in [6.45, 7) is 8.31. The van der Waals surface area contributed by atoms with Crippen molar-refractivity contribution in [3.05, 3.63) is 0 Å². The summed E-state index contributed by atoms with van der Waals surface area (Å²) in [4.78, 5) is 2.56. The third-order valence-corrected chi connectivity index (χ3v) is 2.89. The summed E-state index contributed by atoms with van der Waals surface area (Å²) in [5.74, 6) is 0.833. The molecule has 0 aromatic rings. The summed E-state index contributed by atoms with van der Waals surface area (Å²) < 4.78 is 5.34. The van der Waals surface area contributed by atoms with E-state index in [1.807, 2.05) is 7.11 Å². The van der Waals surface area contributed by atoms with Crippen LogP contribution >= 0.6 is 0 Å². The van der Waals surface area contributed by atoms with Gasteiger partial charge in [0.1, 0.15) is 0 Å². The second-order valence-corrected chi connectivity index (χ2v) is 4.46. The first-order valence-electron chi connectivity index (χ1n) is 5.47. The van der Waals surface area contributed by atoms with Gasteiger partial charge >= 0.3 is 0 Å². The zero-order chi connectivity index (χ0) is 9.68. The third-order valence-electron chi connectivity index (χ3n) is 2.89. The first-order valence-corrected chi connectivity index (χ1v) is 5.47. The average molecular weight is 185 g/mol. The number of nitrogens with zero attached hydrogens (tertiary/aromatic N) is 1. The normalized spacial score (nSPS) is 21.2. The monoisotopic (exact) mass is 185 g/mol. The lowest BCUT2D eigenvalue weighted by Gasteiger charge is -2.31. The quantitative estimate of drug-likeness (QED) is 0.665. The van der Waals surface area contributed by atoms with Gasteiger partial charge in [-0.3, -0.25) is 0 Å². The largest absolute Gasteiger partial charge is 0.381 e. The fraction of sp³-hybridized carbons (Fsp3) is 1.00. The topological polar surface area (TPSA) is 12.5 Å². The Morgan fingerprint density at radius 3 is 2.38 bits per heavy atom. The SMILES string of the molecule is COC1CCN(CCC(C)C)CC1. The van der Waals surface area contributed by atoms with Crippen LogP contribution < -0.4 is 0 Å². The smallest absolute Gasteiger partial charge is 0.0595 e. The molecule has 13 heavy (non-hydrogen) atoms. The number of ether oxygens (including phenoxy) is 1. The van der Waals surface area contributed by atoms with Gasteiger partial charge in [0.2, 0.25) is 0 Å². The van der Waals surface area contributed by atoms with E-state index < -0.39 is 0 Å². The van der Waals surface area contributed by atoms with Crippen molar-refractivity contribution in [1.82, 2.24) is 4.90 Å². The standard InChI is InChI=1S/C11H23NO/c1-10(2)4-7-12-8-5-11(13-3)6-9-12/h10-11H,4-9H2,1-3H3. The van der Waals surface area contributed by atoms with Crippen molar-refractivity contribution < 1.29 is 4.74 Å². The van der Waals surface area contributed by atoms with Gasteiger partial charge in [0.05, 0.1) is 6.10 Å². The molecule has 2 nitrogen and oxygen atoms in total. The maximum Gasteiger partial charge on any atom is 0.0595 e. The van der Waals surface area contributed by atoms with Crippen LogP contribution in [0.15, 0.2) is 0 Å². The highest BCUT2D eigenvalue weighted by Gasteiger charge is 2.17. The first-order chi connectivity index (χ1) is 6.22. The molecule has 0 amide bonds. The Bertz CT molecular complexity index is 128. The van der Waals surface area contributed by atoms with Crippen LogP contribution in [0.5, 0.6) is 0 Å². The molecule has 0 atom stereocenters. The van der Waals surface area contributed by atoms with Gasteiger partial charge in [-0.25, -0.2) is 0 Å². The zero-order valence-electron chi connectivity index (χ0n) is 9.25. The second kappa shape index (κ2) is 5.61. The highest BCUT2D eigenvalue weighted by atomic mass is 16.5. The fourth-order valence-electron chi connectivity index (χ4n) is 1.81. The van der Waals surface area contributed by atoms with Crippen molar-refractivity contribution in [3.63, 3.8) is 0 Å². The number of rotatable bonds is 4. The summed E-state index contributed by atoms with van der Waals surface area (Å²) in [6.07, 6.45) is 4.29. The molecule has 1 aliphatic rings. The van der Waals surface area contributed by atoms with Crippen molar-refractivity contribution in [3.8, 4) is 0 Å². The van der Waals surface area contributed by atoms with Crippen LogP contribution in [0.1, 0.15) is 33.1 Å². The van der Waals surface area contributed by atoms with E-state index in [4.69, 9.17) is 4.74 Å². The van der Waals surface area contributed by atoms with Crippen LogP contribution in [-0.2, 0) is 4.74 Å². The summed E-state index contributed by atoms with van der Waals surface area (Å²) in [5, 5.41) is 0. The molecule has 0 aromatic carbocycles. The molecule has 0 N–H and O–H groups in total. The maximum atomic E-state index is 5.34. The number of hydrogen-bond acceptors (Lipinski definition) is 2. The Kier molecular flexibility index (Phi) is 4.74. The van der Waals surface area contributed by atoms with E-state index in [9.17, 15) is 0 Å². The molecule has 0 saturated carbocycles. The lowest BCUT2D eigenvalue weighted by atomic mass is 10.1. The van der Waals surface area contributed by atoms with E-state index in [-0.39, 0.29) is 0 Å². The molecule has 0 spiro atoms. The zero-order valence-corrected chi connectivity index (χ0v) is 9.25. The average Bonchev–Trinajstić information content (AvgIpc) is 2.15. The Balaban J connectivity index is 2.10. The Hall–Kier alpha value is -0.0800. The van der Waals surface area contributed by atoms with Crippen LogP contribution in [0.3, 0.4) is 0 Å². The van der Waals surface area contributed by atoms with Crippen molar-refractivity contribution >= 4 is 0 Å². The van der Waals surface area contributed by atoms with E-state index in [2.05, 4.69) is 18.7 Å². The van der Waals surface area contributed by atoms with Crippen LogP contribution in [0, 0.1) is 5.92 Å². The first kappa shape index (κ1) is 11.0. The molecule has 0 radical (unpaired) electrons. The van der Waals surface area contributed by atoms with Crippen molar-refractivity contribution in [2.45, 2.75) is 39.2 Å². The lowest BCUT2D eigenvalue weighted by molar-refractivity contribution is 0.0400. The van der Waals surface area contributed by atoms with Crippen molar-refractivity contribution in [2.24, 2.45) is 5.92 Å². The van der Waals surface area contributed by atoms with Crippen molar-refractivity contribution in [2.75, 3.05) is 26.7 Å². The molecule has 1 rings (SSSR count). The number of methoxy groups -OCH3 is 1. The maximum absolute atomic E-state index is 5.34. The molecule has 1 aliphatic heterocycles. The summed E-state index contributed by atoms with van der Waals surface area (Å²) in [6, 6.07) is 0. The molecule has 1 heterocycles. The Labute approximate surface area is 82.3 Å². The fourth-order valence-corrected chi connectivity index (χ4v) is 1.81. The predicted molar refractivity (Wildman–Crippen MR) is 55.9 cm³/mol. The minimum atomic E-state index is 0.523. The van der Waals surface area contributed by atoms with E-state index >= 15 is 0 Å². The second-order valence-electron chi connectivity index (χ2n) is 4.46. The van der Waals surface area contributed by atoms with E-state index in [0.29, 0.717) is 6.10 Å². The molecular weight excluding hydrogens is 162 g/mol. The van der Waals surface area contributed by atoms with Gasteiger partial charge in [0.25, 0.3) is 0 Å². The number of likely N-dealkylation sites (tertiary alicyclic amines) is 1. The Morgan fingerprint density at radius 1 is 1.31 bits per heavy atom. The van der Waals surface area contributed by atoms with Crippen LogP contribution in [0.4, 0.5) is 0 Å². The lowest BCUT2D eigenvalue weighted by Crippen LogP contribution is -2.37. The van der Waals surface area contributed by atoms with Gasteiger partial charge < -0.3 is 9.64 Å². The van der Waals surface area contributed by atoms with Gasteiger partial charge in [0.15, 0.2) is 0 Å². The molecule has 2 heteroatoms. The highest BCUT2D eigenvalue weighted by molar-refractivity contribution is 4.72.